The number of fused-ring (bicyclic) bond motifs is 1. The summed E-state index contributed by atoms with van der Waals surface area (Å²) in [6.07, 6.45) is -3.03. The first-order valence-electron chi connectivity index (χ1n) is 11.4. The van der Waals surface area contributed by atoms with Gasteiger partial charge in [0.2, 0.25) is 0 Å². The van der Waals surface area contributed by atoms with Crippen molar-refractivity contribution < 1.29 is 18.1 Å². The van der Waals surface area contributed by atoms with Crippen LogP contribution in [0.1, 0.15) is 11.1 Å². The van der Waals surface area contributed by atoms with Crippen molar-refractivity contribution >= 4 is 33.8 Å². The molecule has 5 rings (SSSR count). The van der Waals surface area contributed by atoms with Crippen LogP contribution in [0.25, 0.3) is 33.3 Å². The standard InChI is InChI=1S/C28H17F3N6O2/c29-28(30,31)18-5-10-21-24(11-12-34-26(21)13-18)35-19-6-1-17(2-7-19)25-14-22(23(15-32)27(33)36-25)16-3-8-20(9-4-16)37(38)39/h1-14H,(H2,33,36)(H,34,35). The third-order valence-corrected chi connectivity index (χ3v) is 6.08. The van der Waals surface area contributed by atoms with Crippen LogP contribution >= 0.6 is 0 Å². The highest BCUT2D eigenvalue weighted by Crippen LogP contribution is 2.35. The number of nitriles is 1. The van der Waals surface area contributed by atoms with E-state index in [0.717, 1.165) is 12.1 Å². The molecule has 0 saturated heterocycles. The van der Waals surface area contributed by atoms with Gasteiger partial charge in [-0.25, -0.2) is 4.98 Å². The maximum Gasteiger partial charge on any atom is 0.416 e. The zero-order chi connectivity index (χ0) is 27.7. The number of hydrogen-bond donors (Lipinski definition) is 2. The summed E-state index contributed by atoms with van der Waals surface area (Å²) in [6.45, 7) is 0. The van der Waals surface area contributed by atoms with Crippen LogP contribution in [0.3, 0.4) is 0 Å². The van der Waals surface area contributed by atoms with E-state index < -0.39 is 16.7 Å². The average Bonchev–Trinajstić information content (AvgIpc) is 2.92. The Morgan fingerprint density at radius 3 is 2.28 bits per heavy atom. The van der Waals surface area contributed by atoms with Crippen molar-refractivity contribution in [1.82, 2.24) is 9.97 Å². The smallest absolute Gasteiger partial charge is 0.383 e. The van der Waals surface area contributed by atoms with E-state index in [1.54, 1.807) is 48.5 Å². The Hall–Kier alpha value is -5.50. The van der Waals surface area contributed by atoms with Gasteiger partial charge in [0, 0.05) is 46.2 Å². The minimum absolute atomic E-state index is 0.0204. The van der Waals surface area contributed by atoms with E-state index in [9.17, 15) is 28.5 Å². The van der Waals surface area contributed by atoms with E-state index in [-0.39, 0.29) is 22.6 Å². The SMILES string of the molecule is N#Cc1c(-c2ccc([N+](=O)[O-])cc2)cc(-c2ccc(Nc3ccnc4cc(C(F)(F)F)ccc34)cc2)nc1N. The number of pyridine rings is 2. The number of aromatic nitrogens is 2. The van der Waals surface area contributed by atoms with Gasteiger partial charge in [0.1, 0.15) is 17.5 Å². The summed E-state index contributed by atoms with van der Waals surface area (Å²) in [5, 5.41) is 24.4. The number of nitrogen functional groups attached to an aromatic ring is 1. The maximum atomic E-state index is 13.1. The number of halogens is 3. The molecule has 2 aromatic heterocycles. The number of non-ortho nitro benzene ring substituents is 1. The number of benzene rings is 3. The van der Waals surface area contributed by atoms with Gasteiger partial charge in [-0.05, 0) is 54.1 Å². The van der Waals surface area contributed by atoms with Crippen LogP contribution in [0, 0.1) is 21.4 Å². The van der Waals surface area contributed by atoms with Crippen LogP contribution < -0.4 is 11.1 Å². The Morgan fingerprint density at radius 1 is 0.949 bits per heavy atom. The van der Waals surface area contributed by atoms with E-state index in [0.29, 0.717) is 39.1 Å². The first-order valence-corrected chi connectivity index (χ1v) is 11.4. The Balaban J connectivity index is 1.45. The van der Waals surface area contributed by atoms with Gasteiger partial charge in [0.05, 0.1) is 21.7 Å². The Kier molecular flexibility index (Phi) is 6.29. The van der Waals surface area contributed by atoms with Crippen molar-refractivity contribution in [2.75, 3.05) is 11.1 Å². The number of rotatable bonds is 5. The lowest BCUT2D eigenvalue weighted by atomic mass is 9.98. The Bertz CT molecular complexity index is 1760. The van der Waals surface area contributed by atoms with Crippen molar-refractivity contribution in [1.29, 1.82) is 5.26 Å². The lowest BCUT2D eigenvalue weighted by molar-refractivity contribution is -0.384. The Morgan fingerprint density at radius 2 is 1.64 bits per heavy atom. The number of anilines is 3. The van der Waals surface area contributed by atoms with Gasteiger partial charge >= 0.3 is 6.18 Å². The molecule has 3 N–H and O–H groups in total. The van der Waals surface area contributed by atoms with E-state index in [1.165, 1.54) is 24.4 Å². The highest BCUT2D eigenvalue weighted by atomic mass is 19.4. The van der Waals surface area contributed by atoms with E-state index in [1.807, 2.05) is 6.07 Å². The lowest BCUT2D eigenvalue weighted by Crippen LogP contribution is -2.04. The Labute approximate surface area is 219 Å². The number of nitrogens with one attached hydrogen (secondary N) is 1. The second-order valence-corrected chi connectivity index (χ2v) is 8.52. The number of alkyl halides is 3. The molecule has 192 valence electrons. The predicted molar refractivity (Wildman–Crippen MR) is 141 cm³/mol. The number of hydrogen-bond acceptors (Lipinski definition) is 7. The summed E-state index contributed by atoms with van der Waals surface area (Å²) < 4.78 is 39.2. The first kappa shape index (κ1) is 25.2. The third-order valence-electron chi connectivity index (χ3n) is 6.08. The molecular weight excluding hydrogens is 509 g/mol. The highest BCUT2D eigenvalue weighted by molar-refractivity contribution is 5.93. The van der Waals surface area contributed by atoms with E-state index in [4.69, 9.17) is 5.73 Å². The molecule has 8 nitrogen and oxygen atoms in total. The van der Waals surface area contributed by atoms with Crippen LogP contribution in [0.5, 0.6) is 0 Å². The molecule has 39 heavy (non-hydrogen) atoms. The second kappa shape index (κ2) is 9.75. The largest absolute Gasteiger partial charge is 0.416 e. The van der Waals surface area contributed by atoms with Crippen molar-refractivity contribution in [3.63, 3.8) is 0 Å². The van der Waals surface area contributed by atoms with Crippen LogP contribution in [0.2, 0.25) is 0 Å². The zero-order valence-corrected chi connectivity index (χ0v) is 19.9. The van der Waals surface area contributed by atoms with Gasteiger partial charge in [0.15, 0.2) is 0 Å². The molecule has 0 aliphatic carbocycles. The van der Waals surface area contributed by atoms with Crippen molar-refractivity contribution in [2.24, 2.45) is 0 Å². The monoisotopic (exact) mass is 526 g/mol. The third kappa shape index (κ3) is 5.03. The molecular formula is C28H17F3N6O2. The van der Waals surface area contributed by atoms with Gasteiger partial charge < -0.3 is 11.1 Å². The summed E-state index contributed by atoms with van der Waals surface area (Å²) in [4.78, 5) is 18.9. The highest BCUT2D eigenvalue weighted by Gasteiger charge is 2.30. The summed E-state index contributed by atoms with van der Waals surface area (Å²) >= 11 is 0. The summed E-state index contributed by atoms with van der Waals surface area (Å²) in [5.74, 6) is 0.0204. The maximum absolute atomic E-state index is 13.1. The molecule has 0 fully saturated rings. The average molecular weight is 526 g/mol. The summed E-state index contributed by atoms with van der Waals surface area (Å²) in [5.41, 5.74) is 9.08. The minimum atomic E-state index is -4.46. The molecule has 0 aliphatic heterocycles. The van der Waals surface area contributed by atoms with Crippen LogP contribution in [0.4, 0.5) is 36.1 Å². The number of nitrogens with zero attached hydrogens (tertiary/aromatic N) is 4. The minimum Gasteiger partial charge on any atom is -0.383 e. The predicted octanol–water partition coefficient (Wildman–Crippen LogP) is 7.09. The topological polar surface area (TPSA) is 131 Å². The molecule has 0 saturated carbocycles. The summed E-state index contributed by atoms with van der Waals surface area (Å²) in [6, 6.07) is 21.7. The molecule has 0 unspecified atom stereocenters. The van der Waals surface area contributed by atoms with Gasteiger partial charge in [-0.15, -0.1) is 0 Å². The molecule has 2 heterocycles. The molecule has 0 bridgehead atoms. The van der Waals surface area contributed by atoms with Crippen LogP contribution in [0.15, 0.2) is 85.1 Å². The van der Waals surface area contributed by atoms with E-state index >= 15 is 0 Å². The molecule has 0 aliphatic rings. The van der Waals surface area contributed by atoms with Crippen LogP contribution in [-0.4, -0.2) is 14.9 Å². The lowest BCUT2D eigenvalue weighted by Gasteiger charge is -2.13. The van der Waals surface area contributed by atoms with Gasteiger partial charge in [-0.1, -0.05) is 18.2 Å². The van der Waals surface area contributed by atoms with Gasteiger partial charge in [-0.3, -0.25) is 15.1 Å². The molecule has 0 atom stereocenters. The fourth-order valence-corrected chi connectivity index (χ4v) is 4.13. The quantitative estimate of drug-likeness (QED) is 0.185. The van der Waals surface area contributed by atoms with Crippen molar-refractivity contribution in [3.05, 3.63) is 106 Å². The molecule has 3 aromatic carbocycles. The van der Waals surface area contributed by atoms with E-state index in [2.05, 4.69) is 15.3 Å². The first-order chi connectivity index (χ1) is 18.6. The van der Waals surface area contributed by atoms with Gasteiger partial charge in [0.25, 0.3) is 5.69 Å². The number of nitrogens with two attached hydrogens (primary N) is 1. The summed E-state index contributed by atoms with van der Waals surface area (Å²) in [7, 11) is 0. The fourth-order valence-electron chi connectivity index (χ4n) is 4.13. The number of nitro groups is 1. The zero-order valence-electron chi connectivity index (χ0n) is 19.9. The van der Waals surface area contributed by atoms with Gasteiger partial charge in [-0.2, -0.15) is 18.4 Å². The second-order valence-electron chi connectivity index (χ2n) is 8.52. The molecule has 5 aromatic rings. The van der Waals surface area contributed by atoms with Crippen LogP contribution in [-0.2, 0) is 6.18 Å². The molecule has 0 radical (unpaired) electrons. The van der Waals surface area contributed by atoms with Crippen molar-refractivity contribution in [3.8, 4) is 28.5 Å². The van der Waals surface area contributed by atoms with Crippen molar-refractivity contribution in [2.45, 2.75) is 6.18 Å². The molecule has 11 heteroatoms. The number of nitro benzene ring substituents is 1. The molecule has 0 amide bonds. The normalized spacial score (nSPS) is 11.2. The molecule has 0 spiro atoms. The fraction of sp³-hybridized carbons (Fsp3) is 0.0357.